The van der Waals surface area contributed by atoms with Crippen molar-refractivity contribution in [2.45, 2.75) is 25.8 Å². The highest BCUT2D eigenvalue weighted by Crippen LogP contribution is 2.36. The van der Waals surface area contributed by atoms with Crippen LogP contribution in [0, 0.1) is 12.7 Å². The maximum absolute atomic E-state index is 13.7. The summed E-state index contributed by atoms with van der Waals surface area (Å²) in [4.78, 5) is 2.32. The van der Waals surface area contributed by atoms with Crippen LogP contribution in [-0.4, -0.2) is 36.2 Å². The summed E-state index contributed by atoms with van der Waals surface area (Å²) in [5, 5.41) is 13.5. The average Bonchev–Trinajstić information content (AvgIpc) is 2.47. The second-order valence-electron chi connectivity index (χ2n) is 5.29. The van der Waals surface area contributed by atoms with Gasteiger partial charge in [-0.15, -0.1) is 31.4 Å². The van der Waals surface area contributed by atoms with Gasteiger partial charge in [-0.1, -0.05) is 12.1 Å². The molecule has 0 unspecified atom stereocenters. The summed E-state index contributed by atoms with van der Waals surface area (Å²) in [6, 6.07) is 3.12. The molecule has 1 aromatic rings. The van der Waals surface area contributed by atoms with Gasteiger partial charge in [-0.3, -0.25) is 4.90 Å². The third-order valence-corrected chi connectivity index (χ3v) is 3.96. The van der Waals surface area contributed by atoms with Crippen LogP contribution in [0.25, 0.3) is 0 Å². The second kappa shape index (κ2) is 10.1. The number of aryl methyl sites for hydroxylation is 1. The van der Waals surface area contributed by atoms with Gasteiger partial charge < -0.3 is 10.4 Å². The number of hydrogen-bond acceptors (Lipinski definition) is 3. The zero-order valence-corrected chi connectivity index (χ0v) is 14.5. The molecule has 22 heavy (non-hydrogen) atoms. The molecule has 1 heterocycles. The molecule has 1 fully saturated rings. The first kappa shape index (κ1) is 21.2. The molecule has 126 valence electrons. The summed E-state index contributed by atoms with van der Waals surface area (Å²) in [6.45, 7) is 9.38. The van der Waals surface area contributed by atoms with Crippen LogP contribution < -0.4 is 5.32 Å². The number of piperazine rings is 1. The normalized spacial score (nSPS) is 16.3. The topological polar surface area (TPSA) is 35.5 Å². The first-order valence-corrected chi connectivity index (χ1v) is 7.18. The van der Waals surface area contributed by atoms with Crippen LogP contribution in [0.15, 0.2) is 24.8 Å². The van der Waals surface area contributed by atoms with E-state index in [0.29, 0.717) is 0 Å². The van der Waals surface area contributed by atoms with E-state index in [1.165, 1.54) is 6.07 Å². The number of benzene rings is 1. The molecule has 2 N–H and O–H groups in total. The highest BCUT2D eigenvalue weighted by atomic mass is 35.5. The van der Waals surface area contributed by atoms with Gasteiger partial charge in [-0.05, 0) is 31.4 Å². The zero-order chi connectivity index (χ0) is 14.5. The number of rotatable bonds is 5. The van der Waals surface area contributed by atoms with Crippen LogP contribution in [-0.2, 0) is 0 Å². The molecule has 0 radical (unpaired) electrons. The Kier molecular flexibility index (Phi) is 9.69. The van der Waals surface area contributed by atoms with Crippen molar-refractivity contribution in [3.8, 4) is 5.75 Å². The van der Waals surface area contributed by atoms with E-state index in [0.717, 1.165) is 50.1 Å². The number of allylic oxidation sites excluding steroid dienone is 1. The van der Waals surface area contributed by atoms with E-state index >= 15 is 0 Å². The van der Waals surface area contributed by atoms with Crippen molar-refractivity contribution in [3.05, 3.63) is 41.7 Å². The first-order chi connectivity index (χ1) is 9.65. The van der Waals surface area contributed by atoms with Crippen molar-refractivity contribution < 1.29 is 9.50 Å². The van der Waals surface area contributed by atoms with Gasteiger partial charge in [0.1, 0.15) is 0 Å². The van der Waals surface area contributed by atoms with Crippen molar-refractivity contribution in [2.75, 3.05) is 26.2 Å². The fourth-order valence-corrected chi connectivity index (χ4v) is 2.88. The number of nitrogens with one attached hydrogen (secondary N) is 1. The van der Waals surface area contributed by atoms with E-state index in [1.807, 2.05) is 13.0 Å². The van der Waals surface area contributed by atoms with Gasteiger partial charge >= 0.3 is 0 Å². The van der Waals surface area contributed by atoms with E-state index in [-0.39, 0.29) is 36.6 Å². The van der Waals surface area contributed by atoms with Gasteiger partial charge in [0.05, 0.1) is 0 Å². The predicted octanol–water partition coefficient (Wildman–Crippen LogP) is 3.60. The second-order valence-corrected chi connectivity index (χ2v) is 5.29. The quantitative estimate of drug-likeness (QED) is 0.796. The van der Waals surface area contributed by atoms with Gasteiger partial charge in [0.15, 0.2) is 11.6 Å². The number of hydrogen-bond donors (Lipinski definition) is 2. The number of phenolic OH excluding ortho intramolecular Hbond substituents is 1. The monoisotopic (exact) mass is 350 g/mol. The van der Waals surface area contributed by atoms with Crippen LogP contribution >= 0.6 is 24.8 Å². The van der Waals surface area contributed by atoms with E-state index in [2.05, 4.69) is 16.8 Å². The molecule has 0 saturated carbocycles. The Bertz CT molecular complexity index is 479. The third kappa shape index (κ3) is 4.85. The summed E-state index contributed by atoms with van der Waals surface area (Å²) in [6.07, 6.45) is 3.58. The molecule has 0 aliphatic carbocycles. The van der Waals surface area contributed by atoms with E-state index in [9.17, 15) is 9.50 Å². The molecule has 0 aromatic heterocycles. The molecule has 1 aliphatic rings. The number of aromatic hydroxyl groups is 1. The fourth-order valence-electron chi connectivity index (χ4n) is 2.88. The average molecular weight is 351 g/mol. The Hall–Kier alpha value is -0.810. The summed E-state index contributed by atoms with van der Waals surface area (Å²) in [7, 11) is 0. The minimum absolute atomic E-state index is 0. The Labute approximate surface area is 144 Å². The molecule has 3 nitrogen and oxygen atoms in total. The lowest BCUT2D eigenvalue weighted by Crippen LogP contribution is -2.45. The number of nitrogens with zero attached hydrogens (tertiary/aromatic N) is 1. The summed E-state index contributed by atoms with van der Waals surface area (Å²) < 4.78 is 13.7. The van der Waals surface area contributed by atoms with E-state index < -0.39 is 5.82 Å². The van der Waals surface area contributed by atoms with Gasteiger partial charge in [-0.2, -0.15) is 0 Å². The van der Waals surface area contributed by atoms with Crippen molar-refractivity contribution in [1.82, 2.24) is 10.2 Å². The molecule has 1 aromatic carbocycles. The molecule has 1 aliphatic heterocycles. The standard InChI is InChI=1S/C16H23FN2O.2ClH/c1-3-4-5-14(19-10-8-18-9-11-19)15-12(2)6-7-13(17)16(15)20;;/h3,6-7,14,18,20H,1,4-5,8-11H2,2H3;2*1H/t14-;;/m1../s1. The number of halogens is 3. The van der Waals surface area contributed by atoms with Crippen molar-refractivity contribution in [2.24, 2.45) is 0 Å². The molecule has 6 heteroatoms. The Morgan fingerprint density at radius 2 is 2.00 bits per heavy atom. The van der Waals surface area contributed by atoms with Gasteiger partial charge in [0, 0.05) is 37.8 Å². The summed E-state index contributed by atoms with van der Waals surface area (Å²) >= 11 is 0. The highest BCUT2D eigenvalue weighted by molar-refractivity contribution is 5.85. The molecule has 2 rings (SSSR count). The smallest absolute Gasteiger partial charge is 0.165 e. The number of phenols is 1. The minimum atomic E-state index is -0.538. The van der Waals surface area contributed by atoms with Crippen LogP contribution in [0.1, 0.15) is 30.0 Å². The molecular weight excluding hydrogens is 326 g/mol. The van der Waals surface area contributed by atoms with Crippen molar-refractivity contribution in [1.29, 1.82) is 0 Å². The van der Waals surface area contributed by atoms with Gasteiger partial charge in [-0.25, -0.2) is 4.39 Å². The van der Waals surface area contributed by atoms with Gasteiger partial charge in [0.25, 0.3) is 0 Å². The van der Waals surface area contributed by atoms with Crippen LogP contribution in [0.4, 0.5) is 4.39 Å². The largest absolute Gasteiger partial charge is 0.505 e. The van der Waals surface area contributed by atoms with Crippen molar-refractivity contribution >= 4 is 24.8 Å². The van der Waals surface area contributed by atoms with E-state index in [1.54, 1.807) is 6.07 Å². The maximum Gasteiger partial charge on any atom is 0.165 e. The summed E-state index contributed by atoms with van der Waals surface area (Å²) in [5.74, 6) is -0.734. The first-order valence-electron chi connectivity index (χ1n) is 7.18. The molecule has 1 atom stereocenters. The summed E-state index contributed by atoms with van der Waals surface area (Å²) in [5.41, 5.74) is 1.67. The van der Waals surface area contributed by atoms with Crippen LogP contribution in [0.3, 0.4) is 0 Å². The lowest BCUT2D eigenvalue weighted by atomic mass is 9.94. The zero-order valence-electron chi connectivity index (χ0n) is 12.8. The van der Waals surface area contributed by atoms with Gasteiger partial charge in [0.2, 0.25) is 0 Å². The van der Waals surface area contributed by atoms with Crippen LogP contribution in [0.2, 0.25) is 0 Å². The van der Waals surface area contributed by atoms with Crippen LogP contribution in [0.5, 0.6) is 5.75 Å². The Balaban J connectivity index is 0.00000220. The minimum Gasteiger partial charge on any atom is -0.505 e. The Morgan fingerprint density at radius 3 is 2.59 bits per heavy atom. The lowest BCUT2D eigenvalue weighted by Gasteiger charge is -2.36. The SMILES string of the molecule is C=CCC[C@H](c1c(C)ccc(F)c1O)N1CCNCC1.Cl.Cl. The van der Waals surface area contributed by atoms with E-state index in [4.69, 9.17) is 0 Å². The molecule has 0 bridgehead atoms. The van der Waals surface area contributed by atoms with Crippen molar-refractivity contribution in [3.63, 3.8) is 0 Å². The molecule has 0 spiro atoms. The Morgan fingerprint density at radius 1 is 1.36 bits per heavy atom. The molecule has 1 saturated heterocycles. The molecular formula is C16H25Cl2FN2O. The highest BCUT2D eigenvalue weighted by Gasteiger charge is 2.26. The predicted molar refractivity (Wildman–Crippen MR) is 93.9 cm³/mol. The lowest BCUT2D eigenvalue weighted by molar-refractivity contribution is 0.162. The maximum atomic E-state index is 13.7. The fraction of sp³-hybridized carbons (Fsp3) is 0.500. The molecule has 0 amide bonds. The third-order valence-electron chi connectivity index (χ3n) is 3.96.